The number of nitrogens with zero attached hydrogens (tertiary/aromatic N) is 2. The molecule has 0 aliphatic carbocycles. The fraction of sp³-hybridized carbons (Fsp3) is 0.286. The summed E-state index contributed by atoms with van der Waals surface area (Å²) in [5.41, 5.74) is 2.12. The Morgan fingerprint density at radius 3 is 2.15 bits per heavy atom. The van der Waals surface area contributed by atoms with Gasteiger partial charge < -0.3 is 14.4 Å². The van der Waals surface area contributed by atoms with Crippen molar-refractivity contribution in [2.75, 3.05) is 18.1 Å². The van der Waals surface area contributed by atoms with Gasteiger partial charge in [-0.25, -0.2) is 0 Å². The van der Waals surface area contributed by atoms with E-state index >= 15 is 0 Å². The lowest BCUT2D eigenvalue weighted by molar-refractivity contribution is 0.0979. The van der Waals surface area contributed by atoms with Crippen LogP contribution in [0, 0.1) is 11.3 Å². The fourth-order valence-electron chi connectivity index (χ4n) is 3.48. The van der Waals surface area contributed by atoms with Crippen LogP contribution in [0.3, 0.4) is 0 Å². The number of amides is 1. The van der Waals surface area contributed by atoms with Gasteiger partial charge in [0.05, 0.1) is 24.8 Å². The first-order chi connectivity index (χ1) is 16.1. The van der Waals surface area contributed by atoms with Gasteiger partial charge in [0.15, 0.2) is 0 Å². The normalized spacial score (nSPS) is 10.5. The van der Waals surface area contributed by atoms with E-state index in [1.54, 1.807) is 17.0 Å². The van der Waals surface area contributed by atoms with Crippen molar-refractivity contribution in [3.63, 3.8) is 0 Å². The summed E-state index contributed by atoms with van der Waals surface area (Å²) < 4.78 is 11.6. The van der Waals surface area contributed by atoms with Gasteiger partial charge >= 0.3 is 0 Å². The zero-order chi connectivity index (χ0) is 23.5. The first kappa shape index (κ1) is 23.9. The van der Waals surface area contributed by atoms with Crippen LogP contribution in [0.5, 0.6) is 11.5 Å². The second kappa shape index (κ2) is 12.3. The number of carbonyl (C=O) groups excluding carboxylic acids is 1. The summed E-state index contributed by atoms with van der Waals surface area (Å²) >= 11 is 0. The van der Waals surface area contributed by atoms with E-state index in [9.17, 15) is 4.79 Å². The molecule has 0 aromatic heterocycles. The molecule has 0 heterocycles. The molecule has 33 heavy (non-hydrogen) atoms. The molecule has 0 bridgehead atoms. The number of anilines is 1. The molecule has 0 saturated carbocycles. The van der Waals surface area contributed by atoms with Gasteiger partial charge in [-0.2, -0.15) is 5.26 Å². The molecule has 0 aliphatic rings. The fourth-order valence-corrected chi connectivity index (χ4v) is 3.48. The summed E-state index contributed by atoms with van der Waals surface area (Å²) in [6, 6.07) is 26.4. The zero-order valence-corrected chi connectivity index (χ0v) is 19.2. The highest BCUT2D eigenvalue weighted by Crippen LogP contribution is 2.22. The van der Waals surface area contributed by atoms with E-state index in [1.165, 1.54) is 0 Å². The van der Waals surface area contributed by atoms with Gasteiger partial charge in [-0.05, 0) is 87.7 Å². The Bertz CT molecular complexity index is 1060. The summed E-state index contributed by atoms with van der Waals surface area (Å²) in [5.74, 6) is 1.44. The maximum absolute atomic E-state index is 13.2. The first-order valence-electron chi connectivity index (χ1n) is 11.3. The average Bonchev–Trinajstić information content (AvgIpc) is 2.84. The topological polar surface area (TPSA) is 62.6 Å². The van der Waals surface area contributed by atoms with E-state index in [-0.39, 0.29) is 11.9 Å². The maximum Gasteiger partial charge on any atom is 0.258 e. The highest BCUT2D eigenvalue weighted by molar-refractivity contribution is 6.06. The van der Waals surface area contributed by atoms with Gasteiger partial charge in [0.1, 0.15) is 11.5 Å². The van der Waals surface area contributed by atoms with Crippen LogP contribution in [0.1, 0.15) is 49.0 Å². The van der Waals surface area contributed by atoms with Crippen molar-refractivity contribution in [2.24, 2.45) is 0 Å². The number of para-hydroxylation sites is 1. The van der Waals surface area contributed by atoms with E-state index < -0.39 is 0 Å². The van der Waals surface area contributed by atoms with Crippen LogP contribution in [0.25, 0.3) is 0 Å². The molecule has 3 rings (SSSR count). The quantitative estimate of drug-likeness (QED) is 0.330. The number of hydrogen-bond acceptors (Lipinski definition) is 4. The van der Waals surface area contributed by atoms with Crippen LogP contribution in [0.15, 0.2) is 78.9 Å². The van der Waals surface area contributed by atoms with Crippen molar-refractivity contribution in [1.82, 2.24) is 0 Å². The predicted octanol–water partition coefficient (Wildman–Crippen LogP) is 6.24. The first-order valence-corrected chi connectivity index (χ1v) is 11.3. The molecule has 3 aromatic rings. The molecule has 0 spiro atoms. The summed E-state index contributed by atoms with van der Waals surface area (Å²) in [6.07, 6.45) is 2.80. The van der Waals surface area contributed by atoms with E-state index in [2.05, 4.69) is 6.07 Å². The van der Waals surface area contributed by atoms with E-state index in [4.69, 9.17) is 14.7 Å². The lowest BCUT2D eigenvalue weighted by Gasteiger charge is -2.27. The van der Waals surface area contributed by atoms with E-state index in [1.807, 2.05) is 80.6 Å². The molecule has 0 atom stereocenters. The molecule has 3 aromatic carbocycles. The average molecular weight is 443 g/mol. The minimum absolute atomic E-state index is 0.0379. The van der Waals surface area contributed by atoms with Crippen LogP contribution in [0.4, 0.5) is 5.69 Å². The van der Waals surface area contributed by atoms with Gasteiger partial charge in [0, 0.05) is 17.3 Å². The summed E-state index contributed by atoms with van der Waals surface area (Å²) in [7, 11) is 0. The number of benzene rings is 3. The molecule has 0 unspecified atom stereocenters. The largest absolute Gasteiger partial charge is 0.494 e. The molecule has 5 nitrogen and oxygen atoms in total. The minimum Gasteiger partial charge on any atom is -0.494 e. The zero-order valence-electron chi connectivity index (χ0n) is 19.2. The highest BCUT2D eigenvalue weighted by Gasteiger charge is 2.20. The molecule has 170 valence electrons. The van der Waals surface area contributed by atoms with Crippen molar-refractivity contribution in [1.29, 1.82) is 5.26 Å². The Balaban J connectivity index is 1.44. The standard InChI is InChI=1S/C28H30N2O3/c1-22(2)30(25-11-5-3-6-12-25)28(31)24-10-9-13-27(20-24)33-19-8-4-7-18-32-26-16-14-23(21-29)15-17-26/h3,5-6,9-17,20,22H,4,7-8,18-19H2,1-2H3. The Morgan fingerprint density at radius 2 is 1.52 bits per heavy atom. The third-order valence-corrected chi connectivity index (χ3v) is 5.16. The van der Waals surface area contributed by atoms with Gasteiger partial charge in [0.25, 0.3) is 5.91 Å². The van der Waals surface area contributed by atoms with Crippen LogP contribution in [0.2, 0.25) is 0 Å². The Hall–Kier alpha value is -3.78. The number of nitriles is 1. The highest BCUT2D eigenvalue weighted by atomic mass is 16.5. The Labute approximate surface area is 196 Å². The SMILES string of the molecule is CC(C)N(C(=O)c1cccc(OCCCCCOc2ccc(C#N)cc2)c1)c1ccccc1. The van der Waals surface area contributed by atoms with E-state index in [0.717, 1.165) is 30.7 Å². The van der Waals surface area contributed by atoms with Crippen molar-refractivity contribution in [2.45, 2.75) is 39.2 Å². The minimum atomic E-state index is -0.0402. The molecule has 0 fully saturated rings. The third-order valence-electron chi connectivity index (χ3n) is 5.16. The van der Waals surface area contributed by atoms with Crippen LogP contribution in [-0.4, -0.2) is 25.2 Å². The van der Waals surface area contributed by atoms with Crippen LogP contribution >= 0.6 is 0 Å². The molecule has 1 amide bonds. The number of hydrogen-bond donors (Lipinski definition) is 0. The van der Waals surface area contributed by atoms with Crippen molar-refractivity contribution < 1.29 is 14.3 Å². The summed E-state index contributed by atoms with van der Waals surface area (Å²) in [6.45, 7) is 5.23. The molecule has 5 heteroatoms. The number of unbranched alkanes of at least 4 members (excludes halogenated alkanes) is 2. The molecular weight excluding hydrogens is 412 g/mol. The molecule has 0 radical (unpaired) electrons. The van der Waals surface area contributed by atoms with Crippen molar-refractivity contribution in [3.05, 3.63) is 90.0 Å². The Morgan fingerprint density at radius 1 is 0.848 bits per heavy atom. The number of ether oxygens (including phenoxy) is 2. The third kappa shape index (κ3) is 7.11. The number of carbonyl (C=O) groups is 1. The lowest BCUT2D eigenvalue weighted by Crippen LogP contribution is -2.37. The molecule has 0 aliphatic heterocycles. The predicted molar refractivity (Wildman–Crippen MR) is 131 cm³/mol. The maximum atomic E-state index is 13.2. The van der Waals surface area contributed by atoms with Gasteiger partial charge in [-0.1, -0.05) is 24.3 Å². The molecule has 0 saturated heterocycles. The van der Waals surface area contributed by atoms with Gasteiger partial charge in [0.2, 0.25) is 0 Å². The van der Waals surface area contributed by atoms with E-state index in [0.29, 0.717) is 30.1 Å². The molecule has 0 N–H and O–H groups in total. The number of rotatable bonds is 11. The van der Waals surface area contributed by atoms with Crippen molar-refractivity contribution >= 4 is 11.6 Å². The van der Waals surface area contributed by atoms with Gasteiger partial charge in [-0.15, -0.1) is 0 Å². The summed E-state index contributed by atoms with van der Waals surface area (Å²) in [5, 5.41) is 8.82. The second-order valence-corrected chi connectivity index (χ2v) is 8.03. The molecular formula is C28H30N2O3. The monoisotopic (exact) mass is 442 g/mol. The van der Waals surface area contributed by atoms with Gasteiger partial charge in [-0.3, -0.25) is 4.79 Å². The van der Waals surface area contributed by atoms with Crippen LogP contribution in [-0.2, 0) is 0 Å². The Kier molecular flexibility index (Phi) is 8.90. The summed E-state index contributed by atoms with van der Waals surface area (Å²) in [4.78, 5) is 15.0. The smallest absolute Gasteiger partial charge is 0.258 e. The van der Waals surface area contributed by atoms with Crippen LogP contribution < -0.4 is 14.4 Å². The second-order valence-electron chi connectivity index (χ2n) is 8.03. The van der Waals surface area contributed by atoms with Crippen molar-refractivity contribution in [3.8, 4) is 17.6 Å². The lowest BCUT2D eigenvalue weighted by atomic mass is 10.1.